The summed E-state index contributed by atoms with van der Waals surface area (Å²) < 4.78 is 105. The molecule has 3 rings (SSSR count). The first-order valence-electron chi connectivity index (χ1n) is 7.29. The van der Waals surface area contributed by atoms with Gasteiger partial charge in [0, 0.05) is 16.8 Å². The van der Waals surface area contributed by atoms with Crippen molar-refractivity contribution in [1.29, 1.82) is 0 Å². The molecule has 0 saturated heterocycles. The maximum absolute atomic E-state index is 14.2. The van der Waals surface area contributed by atoms with Gasteiger partial charge in [-0.2, -0.15) is 26.0 Å². The molecule has 14 heteroatoms. The van der Waals surface area contributed by atoms with Gasteiger partial charge in [0.05, 0.1) is 5.39 Å². The fraction of sp³-hybridized carbons (Fsp3) is 0.286. The molecule has 0 spiro atoms. The van der Waals surface area contributed by atoms with Crippen LogP contribution in [0, 0.1) is 11.6 Å². The molecule has 1 aromatic carbocycles. The van der Waals surface area contributed by atoms with Crippen LogP contribution in [-0.2, 0) is 15.1 Å². The van der Waals surface area contributed by atoms with E-state index in [-0.39, 0.29) is 6.07 Å². The van der Waals surface area contributed by atoms with E-state index in [1.807, 2.05) is 0 Å². The van der Waals surface area contributed by atoms with Crippen molar-refractivity contribution in [2.75, 3.05) is 0 Å². The van der Waals surface area contributed by atoms with Gasteiger partial charge in [-0.3, -0.25) is 4.79 Å². The summed E-state index contributed by atoms with van der Waals surface area (Å²) in [5.74, 6) is -7.52. The summed E-state index contributed by atoms with van der Waals surface area (Å²) in [5.41, 5.74) is -9.20. The Morgan fingerprint density at radius 3 is 2.32 bits per heavy atom. The van der Waals surface area contributed by atoms with E-state index < -0.39 is 66.9 Å². The monoisotopic (exact) mass is 431 g/mol. The first-order valence-corrected chi connectivity index (χ1v) is 8.70. The number of hydrogen-bond donors (Lipinski definition) is 0. The molecule has 1 heterocycles. The van der Waals surface area contributed by atoms with Gasteiger partial charge in [0.1, 0.15) is 11.1 Å². The van der Waals surface area contributed by atoms with Gasteiger partial charge in [-0.15, -0.1) is 0 Å². The fourth-order valence-electron chi connectivity index (χ4n) is 2.49. The SMILES string of the molecule is O=C(OF)c1cn(C2CC2)c2c(OS(=O)(=O)C(F)(F)F)c(F)c(F)cc2c1=O. The molecule has 0 aliphatic heterocycles. The van der Waals surface area contributed by atoms with Crippen LogP contribution in [0.2, 0.25) is 0 Å². The Morgan fingerprint density at radius 1 is 1.21 bits per heavy atom. The van der Waals surface area contributed by atoms with Crippen molar-refractivity contribution in [1.82, 2.24) is 4.57 Å². The highest BCUT2D eigenvalue weighted by molar-refractivity contribution is 7.88. The Labute approximate surface area is 151 Å². The molecule has 2 aromatic rings. The third kappa shape index (κ3) is 3.16. The Bertz CT molecular complexity index is 1150. The predicted molar refractivity (Wildman–Crippen MR) is 78.5 cm³/mol. The highest BCUT2D eigenvalue weighted by atomic mass is 32.2. The van der Waals surface area contributed by atoms with Crippen LogP contribution in [0.4, 0.5) is 26.5 Å². The molecule has 1 fully saturated rings. The minimum absolute atomic E-state index is 0.230. The van der Waals surface area contributed by atoms with Gasteiger partial charge in [0.15, 0.2) is 5.82 Å². The summed E-state index contributed by atoms with van der Waals surface area (Å²) in [5, 5.41) is -0.902. The van der Waals surface area contributed by atoms with Gasteiger partial charge in [-0.25, -0.2) is 14.1 Å². The summed E-state index contributed by atoms with van der Waals surface area (Å²) >= 11 is 0. The topological polar surface area (TPSA) is 91.7 Å². The molecule has 0 bridgehead atoms. The van der Waals surface area contributed by atoms with Crippen LogP contribution in [0.5, 0.6) is 5.75 Å². The maximum atomic E-state index is 14.2. The molecule has 1 aliphatic carbocycles. The maximum Gasteiger partial charge on any atom is 0.534 e. The Morgan fingerprint density at radius 2 is 1.82 bits per heavy atom. The van der Waals surface area contributed by atoms with Crippen molar-refractivity contribution in [3.63, 3.8) is 0 Å². The molecule has 7 nitrogen and oxygen atoms in total. The van der Waals surface area contributed by atoms with Gasteiger partial charge in [-0.1, -0.05) is 0 Å². The number of hydrogen-bond acceptors (Lipinski definition) is 6. The average molecular weight is 431 g/mol. The average Bonchev–Trinajstić information content (AvgIpc) is 3.43. The van der Waals surface area contributed by atoms with Crippen molar-refractivity contribution < 1.29 is 48.8 Å². The summed E-state index contributed by atoms with van der Waals surface area (Å²) in [6.45, 7) is 0. The Balaban J connectivity index is 2.42. The zero-order chi connectivity index (χ0) is 21.0. The van der Waals surface area contributed by atoms with Gasteiger partial charge >= 0.3 is 21.6 Å². The number of carbonyl (C=O) groups excluding carboxylic acids is 1. The number of nitrogens with zero attached hydrogens (tertiary/aromatic N) is 1. The number of rotatable bonds is 4. The van der Waals surface area contributed by atoms with Crippen LogP contribution in [0.15, 0.2) is 17.1 Å². The Hall–Kier alpha value is -2.77. The van der Waals surface area contributed by atoms with Crippen molar-refractivity contribution in [3.8, 4) is 5.75 Å². The van der Waals surface area contributed by atoms with Crippen molar-refractivity contribution >= 4 is 27.0 Å². The van der Waals surface area contributed by atoms with E-state index in [1.165, 1.54) is 0 Å². The minimum Gasteiger partial charge on any atom is -0.370 e. The molecule has 0 radical (unpaired) electrons. The zero-order valence-corrected chi connectivity index (χ0v) is 14.0. The second-order valence-electron chi connectivity index (χ2n) is 5.76. The molecule has 0 N–H and O–H groups in total. The first-order chi connectivity index (χ1) is 12.9. The van der Waals surface area contributed by atoms with E-state index in [1.54, 1.807) is 0 Å². The molecule has 0 unspecified atom stereocenters. The number of fused-ring (bicyclic) bond motifs is 1. The lowest BCUT2D eigenvalue weighted by molar-refractivity contribution is -0.0789. The van der Waals surface area contributed by atoms with Gasteiger partial charge in [0.2, 0.25) is 17.0 Å². The summed E-state index contributed by atoms with van der Waals surface area (Å²) in [6.07, 6.45) is 1.33. The summed E-state index contributed by atoms with van der Waals surface area (Å²) in [6, 6.07) is -0.386. The van der Waals surface area contributed by atoms with Crippen LogP contribution in [0.3, 0.4) is 0 Å². The zero-order valence-electron chi connectivity index (χ0n) is 13.2. The van der Waals surface area contributed by atoms with Gasteiger partial charge < -0.3 is 8.75 Å². The molecule has 1 aliphatic rings. The lowest BCUT2D eigenvalue weighted by Crippen LogP contribution is -2.29. The second kappa shape index (κ2) is 6.39. The number of halogens is 6. The van der Waals surface area contributed by atoms with Crippen molar-refractivity contribution in [2.24, 2.45) is 0 Å². The third-order valence-electron chi connectivity index (χ3n) is 3.87. The van der Waals surface area contributed by atoms with E-state index in [2.05, 4.69) is 9.12 Å². The normalized spacial score (nSPS) is 14.9. The van der Waals surface area contributed by atoms with Crippen molar-refractivity contribution in [3.05, 3.63) is 39.7 Å². The second-order valence-corrected chi connectivity index (χ2v) is 7.29. The van der Waals surface area contributed by atoms with E-state index in [9.17, 15) is 44.5 Å². The van der Waals surface area contributed by atoms with Crippen LogP contribution >= 0.6 is 0 Å². The van der Waals surface area contributed by atoms with Gasteiger partial charge in [0.25, 0.3) is 0 Å². The first kappa shape index (κ1) is 20.0. The highest BCUT2D eigenvalue weighted by Crippen LogP contribution is 2.41. The standard InChI is InChI=1S/C14H7F6NO6S/c15-8-3-6-10(12(9(8)16)27-28(24,25)14(17,18)19)21(5-1-2-5)4-7(11(6)22)13(23)26-20/h3-5H,1-2H2. The van der Waals surface area contributed by atoms with Crippen LogP contribution in [0.1, 0.15) is 29.2 Å². The van der Waals surface area contributed by atoms with Crippen LogP contribution in [0.25, 0.3) is 10.9 Å². The highest BCUT2D eigenvalue weighted by Gasteiger charge is 2.49. The largest absolute Gasteiger partial charge is 0.534 e. The number of aromatic nitrogens is 1. The molecular weight excluding hydrogens is 424 g/mol. The number of carbonyl (C=O) groups is 1. The smallest absolute Gasteiger partial charge is 0.370 e. The summed E-state index contributed by atoms with van der Waals surface area (Å²) in [7, 11) is -6.42. The van der Waals surface area contributed by atoms with E-state index >= 15 is 0 Å². The number of pyridine rings is 1. The molecule has 152 valence electrons. The lowest BCUT2D eigenvalue weighted by atomic mass is 10.1. The van der Waals surface area contributed by atoms with Gasteiger partial charge in [-0.05, 0) is 18.9 Å². The quantitative estimate of drug-likeness (QED) is 0.420. The van der Waals surface area contributed by atoms with Crippen LogP contribution < -0.4 is 9.61 Å². The Kier molecular flexibility index (Phi) is 4.56. The molecular formula is C14H7F6NO6S. The molecule has 0 amide bonds. The third-order valence-corrected chi connectivity index (χ3v) is 4.83. The molecule has 1 saturated carbocycles. The number of benzene rings is 1. The summed E-state index contributed by atoms with van der Waals surface area (Å²) in [4.78, 5) is 26.7. The lowest BCUT2D eigenvalue weighted by Gasteiger charge is -2.17. The van der Waals surface area contributed by atoms with E-state index in [0.717, 1.165) is 4.57 Å². The minimum atomic E-state index is -6.42. The predicted octanol–water partition coefficient (Wildman–Crippen LogP) is 2.88. The molecule has 0 atom stereocenters. The van der Waals surface area contributed by atoms with Crippen LogP contribution in [-0.4, -0.2) is 24.5 Å². The fourth-order valence-corrected chi connectivity index (χ4v) is 2.96. The number of alkyl halides is 3. The van der Waals surface area contributed by atoms with E-state index in [4.69, 9.17) is 0 Å². The van der Waals surface area contributed by atoms with E-state index in [0.29, 0.717) is 19.0 Å². The molecule has 1 aromatic heterocycles. The van der Waals surface area contributed by atoms with Crippen molar-refractivity contribution in [2.45, 2.75) is 24.4 Å². The molecule has 28 heavy (non-hydrogen) atoms.